The first-order valence-electron chi connectivity index (χ1n) is 10.0. The molecule has 1 N–H and O–H groups in total. The van der Waals surface area contributed by atoms with Crippen LogP contribution in [0.4, 0.5) is 4.79 Å². The highest BCUT2D eigenvalue weighted by molar-refractivity contribution is 7.99. The topological polar surface area (TPSA) is 65.1 Å². The van der Waals surface area contributed by atoms with Crippen LogP contribution in [0, 0.1) is 0 Å². The van der Waals surface area contributed by atoms with Gasteiger partial charge in [-0.25, -0.2) is 4.79 Å². The lowest BCUT2D eigenvalue weighted by atomic mass is 10.1. The van der Waals surface area contributed by atoms with Crippen LogP contribution in [-0.2, 0) is 16.1 Å². The molecule has 3 aliphatic rings. The molecule has 1 aromatic carbocycles. The third-order valence-electron chi connectivity index (χ3n) is 5.74. The molecule has 0 aromatic heterocycles. The molecule has 2 atom stereocenters. The summed E-state index contributed by atoms with van der Waals surface area (Å²) in [5.74, 6) is 1.76. The second-order valence-corrected chi connectivity index (χ2v) is 8.60. The Balaban J connectivity index is 1.44. The largest absolute Gasteiger partial charge is 0.445 e. The predicted octanol–water partition coefficient (Wildman–Crippen LogP) is 1.20. The zero-order chi connectivity index (χ0) is 19.3. The van der Waals surface area contributed by atoms with Crippen molar-refractivity contribution < 1.29 is 14.3 Å². The molecule has 3 fully saturated rings. The van der Waals surface area contributed by atoms with E-state index in [-0.39, 0.29) is 24.6 Å². The number of ether oxygens (including phenoxy) is 1. The van der Waals surface area contributed by atoms with E-state index >= 15 is 0 Å². The van der Waals surface area contributed by atoms with E-state index in [2.05, 4.69) is 10.2 Å². The number of nitrogens with one attached hydrogen (secondary N) is 1. The summed E-state index contributed by atoms with van der Waals surface area (Å²) >= 11 is 1.77. The van der Waals surface area contributed by atoms with Gasteiger partial charge >= 0.3 is 6.09 Å². The number of thioether (sulfide) groups is 1. The smallest absolute Gasteiger partial charge is 0.410 e. The van der Waals surface area contributed by atoms with E-state index in [1.807, 2.05) is 35.2 Å². The third kappa shape index (κ3) is 4.45. The number of benzene rings is 1. The number of amides is 2. The SMILES string of the molecule is O=C(C1CC(N2CCNCC2)CN1C(=O)OCc1ccccc1)N1CCSC1. The monoisotopic (exact) mass is 404 g/mol. The van der Waals surface area contributed by atoms with Crippen LogP contribution in [-0.4, -0.2) is 89.7 Å². The average molecular weight is 405 g/mol. The van der Waals surface area contributed by atoms with Gasteiger partial charge in [-0.05, 0) is 12.0 Å². The van der Waals surface area contributed by atoms with Crippen molar-refractivity contribution in [3.05, 3.63) is 35.9 Å². The standard InChI is InChI=1S/C20H28N4O3S/c25-19(23-10-11-28-15-23)18-12-17(22-8-6-21-7-9-22)13-24(18)20(26)27-14-16-4-2-1-3-5-16/h1-5,17-18,21H,6-15H2. The number of rotatable bonds is 4. The van der Waals surface area contributed by atoms with Crippen molar-refractivity contribution in [1.29, 1.82) is 0 Å². The van der Waals surface area contributed by atoms with Gasteiger partial charge in [-0.15, -0.1) is 11.8 Å². The number of carbonyl (C=O) groups is 2. The summed E-state index contributed by atoms with van der Waals surface area (Å²) in [6.45, 7) is 5.38. The van der Waals surface area contributed by atoms with E-state index in [9.17, 15) is 9.59 Å². The van der Waals surface area contributed by atoms with Gasteiger partial charge in [0, 0.05) is 51.1 Å². The van der Waals surface area contributed by atoms with E-state index in [1.54, 1.807) is 16.7 Å². The van der Waals surface area contributed by atoms with E-state index in [4.69, 9.17) is 4.74 Å². The highest BCUT2D eigenvalue weighted by atomic mass is 32.2. The predicted molar refractivity (Wildman–Crippen MR) is 109 cm³/mol. The summed E-state index contributed by atoms with van der Waals surface area (Å²) in [7, 11) is 0. The van der Waals surface area contributed by atoms with Crippen LogP contribution in [0.2, 0.25) is 0 Å². The number of piperazine rings is 1. The molecule has 4 rings (SSSR count). The molecule has 2 unspecified atom stereocenters. The zero-order valence-corrected chi connectivity index (χ0v) is 16.9. The van der Waals surface area contributed by atoms with Gasteiger partial charge in [0.05, 0.1) is 5.88 Å². The van der Waals surface area contributed by atoms with Crippen LogP contribution in [0.3, 0.4) is 0 Å². The molecule has 28 heavy (non-hydrogen) atoms. The lowest BCUT2D eigenvalue weighted by Crippen LogP contribution is -2.49. The first-order valence-corrected chi connectivity index (χ1v) is 11.2. The van der Waals surface area contributed by atoms with Gasteiger partial charge in [-0.2, -0.15) is 0 Å². The van der Waals surface area contributed by atoms with Crippen molar-refractivity contribution in [2.24, 2.45) is 0 Å². The fourth-order valence-corrected chi connectivity index (χ4v) is 5.12. The summed E-state index contributed by atoms with van der Waals surface area (Å²) in [6.07, 6.45) is 0.312. The van der Waals surface area contributed by atoms with E-state index in [0.29, 0.717) is 13.0 Å². The van der Waals surface area contributed by atoms with Crippen molar-refractivity contribution in [2.75, 3.05) is 50.9 Å². The molecule has 1 aromatic rings. The van der Waals surface area contributed by atoms with Crippen LogP contribution < -0.4 is 5.32 Å². The fraction of sp³-hybridized carbons (Fsp3) is 0.600. The molecule has 2 amide bonds. The molecular formula is C20H28N4O3S. The molecule has 0 bridgehead atoms. The summed E-state index contributed by atoms with van der Waals surface area (Å²) in [5.41, 5.74) is 0.951. The number of nitrogens with zero attached hydrogens (tertiary/aromatic N) is 3. The quantitative estimate of drug-likeness (QED) is 0.814. The Morgan fingerprint density at radius 1 is 1.14 bits per heavy atom. The molecule has 0 radical (unpaired) electrons. The van der Waals surface area contributed by atoms with Crippen LogP contribution >= 0.6 is 11.8 Å². The molecule has 0 saturated carbocycles. The van der Waals surface area contributed by atoms with Gasteiger partial charge in [0.2, 0.25) is 5.91 Å². The summed E-state index contributed by atoms with van der Waals surface area (Å²) in [6, 6.07) is 9.47. The Kier molecular flexibility index (Phi) is 6.39. The first kappa shape index (κ1) is 19.5. The van der Waals surface area contributed by atoms with Crippen LogP contribution in [0.15, 0.2) is 30.3 Å². The molecular weight excluding hydrogens is 376 g/mol. The lowest BCUT2D eigenvalue weighted by Gasteiger charge is -2.32. The lowest BCUT2D eigenvalue weighted by molar-refractivity contribution is -0.134. The molecule has 8 heteroatoms. The average Bonchev–Trinajstić information content (AvgIpc) is 3.43. The minimum atomic E-state index is -0.415. The van der Waals surface area contributed by atoms with Crippen molar-refractivity contribution in [3.8, 4) is 0 Å². The van der Waals surface area contributed by atoms with Gasteiger partial charge in [0.15, 0.2) is 0 Å². The Morgan fingerprint density at radius 2 is 1.93 bits per heavy atom. The van der Waals surface area contributed by atoms with Crippen LogP contribution in [0.1, 0.15) is 12.0 Å². The molecule has 3 heterocycles. The van der Waals surface area contributed by atoms with Gasteiger partial charge in [0.25, 0.3) is 0 Å². The Hall–Kier alpha value is -1.77. The number of carbonyl (C=O) groups excluding carboxylic acids is 2. The number of likely N-dealkylation sites (tertiary alicyclic amines) is 1. The van der Waals surface area contributed by atoms with Gasteiger partial charge < -0.3 is 15.0 Å². The number of hydrogen-bond acceptors (Lipinski definition) is 6. The Labute approximate surface area is 170 Å². The van der Waals surface area contributed by atoms with Crippen LogP contribution in [0.5, 0.6) is 0 Å². The molecule has 7 nitrogen and oxygen atoms in total. The summed E-state index contributed by atoms with van der Waals surface area (Å²) in [5, 5.41) is 3.36. The Bertz CT molecular complexity index is 677. The van der Waals surface area contributed by atoms with E-state index < -0.39 is 6.04 Å². The molecule has 3 aliphatic heterocycles. The second kappa shape index (κ2) is 9.15. The first-order chi connectivity index (χ1) is 13.7. The van der Waals surface area contributed by atoms with Gasteiger partial charge in [0.1, 0.15) is 12.6 Å². The highest BCUT2D eigenvalue weighted by Crippen LogP contribution is 2.27. The Morgan fingerprint density at radius 3 is 2.64 bits per heavy atom. The second-order valence-electron chi connectivity index (χ2n) is 7.52. The zero-order valence-electron chi connectivity index (χ0n) is 16.1. The molecule has 0 aliphatic carbocycles. The van der Waals surface area contributed by atoms with Gasteiger partial charge in [-0.1, -0.05) is 30.3 Å². The molecule has 0 spiro atoms. The minimum absolute atomic E-state index is 0.0688. The van der Waals surface area contributed by atoms with Crippen molar-refractivity contribution in [3.63, 3.8) is 0 Å². The van der Waals surface area contributed by atoms with E-state index in [1.165, 1.54) is 0 Å². The fourth-order valence-electron chi connectivity index (χ4n) is 4.16. The molecule has 3 saturated heterocycles. The maximum atomic E-state index is 13.1. The van der Waals surface area contributed by atoms with Crippen LogP contribution in [0.25, 0.3) is 0 Å². The van der Waals surface area contributed by atoms with Crippen molar-refractivity contribution >= 4 is 23.8 Å². The highest BCUT2D eigenvalue weighted by Gasteiger charge is 2.44. The van der Waals surface area contributed by atoms with Gasteiger partial charge in [-0.3, -0.25) is 14.6 Å². The summed E-state index contributed by atoms with van der Waals surface area (Å²) in [4.78, 5) is 31.9. The maximum absolute atomic E-state index is 13.1. The van der Waals surface area contributed by atoms with E-state index in [0.717, 1.165) is 49.9 Å². The maximum Gasteiger partial charge on any atom is 0.410 e. The molecule has 152 valence electrons. The van der Waals surface area contributed by atoms with Crippen molar-refractivity contribution in [2.45, 2.75) is 25.1 Å². The minimum Gasteiger partial charge on any atom is -0.445 e. The normalized spacial score (nSPS) is 25.9. The summed E-state index contributed by atoms with van der Waals surface area (Å²) < 4.78 is 5.57. The number of hydrogen-bond donors (Lipinski definition) is 1. The third-order valence-corrected chi connectivity index (χ3v) is 6.70. The van der Waals surface area contributed by atoms with Crippen molar-refractivity contribution in [1.82, 2.24) is 20.0 Å².